The zero-order valence-electron chi connectivity index (χ0n) is 11.7. The zero-order valence-corrected chi connectivity index (χ0v) is 11.7. The minimum atomic E-state index is -0.539. The number of rotatable bonds is 3. The third-order valence-corrected chi connectivity index (χ3v) is 3.06. The van der Waals surface area contributed by atoms with Crippen LogP contribution in [0, 0.1) is 0 Å². The summed E-state index contributed by atoms with van der Waals surface area (Å²) in [4.78, 5) is 32.6. The Morgan fingerprint density at radius 1 is 1.18 bits per heavy atom. The fraction of sp³-hybridized carbons (Fsp3) is 0.0667. The van der Waals surface area contributed by atoms with Crippen molar-refractivity contribution in [2.75, 3.05) is 12.4 Å². The van der Waals surface area contributed by atoms with E-state index in [4.69, 9.17) is 4.74 Å². The molecular formula is C15H12N4O3. The number of carbonyl (C=O) groups excluding carboxylic acids is 1. The van der Waals surface area contributed by atoms with Crippen LogP contribution in [-0.2, 0) is 0 Å². The molecule has 3 aromatic rings. The molecule has 0 saturated heterocycles. The van der Waals surface area contributed by atoms with Gasteiger partial charge in [-0.15, -0.1) is 0 Å². The van der Waals surface area contributed by atoms with E-state index < -0.39 is 11.5 Å². The molecule has 7 nitrogen and oxygen atoms in total. The first kappa shape index (κ1) is 13.7. The Morgan fingerprint density at radius 3 is 2.77 bits per heavy atom. The van der Waals surface area contributed by atoms with Crippen molar-refractivity contribution in [2.45, 2.75) is 0 Å². The monoisotopic (exact) mass is 296 g/mol. The van der Waals surface area contributed by atoms with Crippen LogP contribution in [-0.4, -0.2) is 27.4 Å². The second kappa shape index (κ2) is 5.65. The normalized spacial score (nSPS) is 10.4. The molecule has 0 bridgehead atoms. The Balaban J connectivity index is 1.91. The first-order valence-corrected chi connectivity index (χ1v) is 6.47. The Labute approximate surface area is 125 Å². The van der Waals surface area contributed by atoms with Gasteiger partial charge in [-0.1, -0.05) is 6.07 Å². The van der Waals surface area contributed by atoms with Crippen LogP contribution in [0.4, 0.5) is 5.69 Å². The van der Waals surface area contributed by atoms with E-state index >= 15 is 0 Å². The molecular weight excluding hydrogens is 284 g/mol. The van der Waals surface area contributed by atoms with Crippen molar-refractivity contribution in [3.63, 3.8) is 0 Å². The summed E-state index contributed by atoms with van der Waals surface area (Å²) in [5.41, 5.74) is 0.475. The first-order chi connectivity index (χ1) is 10.7. The Bertz CT molecular complexity index is 887. The molecule has 0 fully saturated rings. The second-order valence-electron chi connectivity index (χ2n) is 4.45. The molecule has 7 heteroatoms. The Kier molecular flexibility index (Phi) is 3.53. The van der Waals surface area contributed by atoms with E-state index in [9.17, 15) is 9.59 Å². The summed E-state index contributed by atoms with van der Waals surface area (Å²) in [7, 11) is 1.50. The number of amides is 1. The number of hydrogen-bond donors (Lipinski definition) is 1. The number of hydrogen-bond acceptors (Lipinski definition) is 5. The molecule has 0 saturated carbocycles. The van der Waals surface area contributed by atoms with Gasteiger partial charge in [-0.05, 0) is 18.2 Å². The van der Waals surface area contributed by atoms with Gasteiger partial charge >= 0.3 is 0 Å². The number of pyridine rings is 2. The van der Waals surface area contributed by atoms with Gasteiger partial charge in [-0.25, -0.2) is 9.97 Å². The average Bonchev–Trinajstić information content (AvgIpc) is 2.56. The minimum absolute atomic E-state index is 0.0421. The molecule has 3 rings (SSSR count). The number of nitrogens with one attached hydrogen (secondary N) is 1. The number of methoxy groups -OCH3 is 1. The summed E-state index contributed by atoms with van der Waals surface area (Å²) in [5.74, 6) is -0.104. The van der Waals surface area contributed by atoms with Crippen LogP contribution >= 0.6 is 0 Å². The molecule has 1 amide bonds. The smallest absolute Gasteiger partial charge is 0.270 e. The largest absolute Gasteiger partial charge is 0.481 e. The summed E-state index contributed by atoms with van der Waals surface area (Å²) in [5, 5.41) is 2.60. The van der Waals surface area contributed by atoms with Crippen LogP contribution in [0.5, 0.6) is 5.88 Å². The molecule has 1 N–H and O–H groups in total. The molecule has 0 atom stereocenters. The maximum Gasteiger partial charge on any atom is 0.270 e. The van der Waals surface area contributed by atoms with Gasteiger partial charge in [0.2, 0.25) is 5.88 Å². The van der Waals surface area contributed by atoms with Crippen molar-refractivity contribution in [3.05, 3.63) is 64.8 Å². The van der Waals surface area contributed by atoms with Gasteiger partial charge in [0.15, 0.2) is 0 Å². The SMILES string of the molecule is COc1ccc(NC(=O)c2cnc3ccccn3c2=O)cn1. The van der Waals surface area contributed by atoms with Crippen molar-refractivity contribution in [3.8, 4) is 5.88 Å². The number of carbonyl (C=O) groups is 1. The predicted molar refractivity (Wildman–Crippen MR) is 80.2 cm³/mol. The van der Waals surface area contributed by atoms with Gasteiger partial charge < -0.3 is 10.1 Å². The lowest BCUT2D eigenvalue weighted by atomic mass is 10.3. The summed E-state index contributed by atoms with van der Waals surface area (Å²) in [6.07, 6.45) is 4.28. The van der Waals surface area contributed by atoms with E-state index in [1.807, 2.05) is 0 Å². The number of ether oxygens (including phenoxy) is 1. The van der Waals surface area contributed by atoms with E-state index in [0.29, 0.717) is 17.2 Å². The fourth-order valence-corrected chi connectivity index (χ4v) is 1.96. The quantitative estimate of drug-likeness (QED) is 0.788. The molecule has 3 heterocycles. The van der Waals surface area contributed by atoms with Crippen LogP contribution in [0.3, 0.4) is 0 Å². The fourth-order valence-electron chi connectivity index (χ4n) is 1.96. The van der Waals surface area contributed by atoms with Crippen molar-refractivity contribution in [1.29, 1.82) is 0 Å². The zero-order chi connectivity index (χ0) is 15.5. The van der Waals surface area contributed by atoms with Crippen molar-refractivity contribution in [2.24, 2.45) is 0 Å². The number of nitrogens with zero attached hydrogens (tertiary/aromatic N) is 3. The predicted octanol–water partition coefficient (Wildman–Crippen LogP) is 1.35. The average molecular weight is 296 g/mol. The van der Waals surface area contributed by atoms with Gasteiger partial charge in [-0.2, -0.15) is 0 Å². The van der Waals surface area contributed by atoms with E-state index in [1.54, 1.807) is 36.5 Å². The van der Waals surface area contributed by atoms with Crippen LogP contribution in [0.25, 0.3) is 5.65 Å². The third kappa shape index (κ3) is 2.51. The highest BCUT2D eigenvalue weighted by atomic mass is 16.5. The van der Waals surface area contributed by atoms with E-state index in [-0.39, 0.29) is 5.56 Å². The van der Waals surface area contributed by atoms with Gasteiger partial charge in [0.25, 0.3) is 11.5 Å². The number of anilines is 1. The first-order valence-electron chi connectivity index (χ1n) is 6.47. The molecule has 22 heavy (non-hydrogen) atoms. The molecule has 0 aliphatic heterocycles. The van der Waals surface area contributed by atoms with E-state index in [1.165, 1.54) is 23.9 Å². The summed E-state index contributed by atoms with van der Waals surface area (Å²) in [6.45, 7) is 0. The number of aromatic nitrogens is 3. The lowest BCUT2D eigenvalue weighted by Gasteiger charge is -2.06. The highest BCUT2D eigenvalue weighted by Crippen LogP contribution is 2.11. The third-order valence-electron chi connectivity index (χ3n) is 3.06. The van der Waals surface area contributed by atoms with Gasteiger partial charge in [-0.3, -0.25) is 14.0 Å². The molecule has 0 aliphatic rings. The molecule has 0 radical (unpaired) electrons. The molecule has 0 aliphatic carbocycles. The van der Waals surface area contributed by atoms with Crippen molar-refractivity contribution >= 4 is 17.2 Å². The Morgan fingerprint density at radius 2 is 2.05 bits per heavy atom. The van der Waals surface area contributed by atoms with Gasteiger partial charge in [0, 0.05) is 18.5 Å². The molecule has 0 aromatic carbocycles. The standard InChI is InChI=1S/C15H12N4O3/c1-22-13-6-5-10(8-17-13)18-14(20)11-9-16-12-4-2-3-7-19(12)15(11)21/h2-9H,1H3,(H,18,20). The summed E-state index contributed by atoms with van der Waals surface area (Å²) >= 11 is 0. The van der Waals surface area contributed by atoms with Crippen molar-refractivity contribution in [1.82, 2.24) is 14.4 Å². The van der Waals surface area contributed by atoms with E-state index in [0.717, 1.165) is 0 Å². The molecule has 0 unspecified atom stereocenters. The van der Waals surface area contributed by atoms with Crippen molar-refractivity contribution < 1.29 is 9.53 Å². The lowest BCUT2D eigenvalue weighted by molar-refractivity contribution is 0.102. The second-order valence-corrected chi connectivity index (χ2v) is 4.45. The van der Waals surface area contributed by atoms with Crippen LogP contribution in [0.2, 0.25) is 0 Å². The van der Waals surface area contributed by atoms with Crippen LogP contribution in [0.15, 0.2) is 53.7 Å². The molecule has 110 valence electrons. The van der Waals surface area contributed by atoms with Crippen LogP contribution in [0.1, 0.15) is 10.4 Å². The highest BCUT2D eigenvalue weighted by molar-refractivity contribution is 6.03. The van der Waals surface area contributed by atoms with Crippen LogP contribution < -0.4 is 15.6 Å². The maximum atomic E-state index is 12.3. The molecule has 0 spiro atoms. The highest BCUT2D eigenvalue weighted by Gasteiger charge is 2.13. The van der Waals surface area contributed by atoms with Gasteiger partial charge in [0.1, 0.15) is 11.2 Å². The minimum Gasteiger partial charge on any atom is -0.481 e. The van der Waals surface area contributed by atoms with E-state index in [2.05, 4.69) is 15.3 Å². The van der Waals surface area contributed by atoms with Gasteiger partial charge in [0.05, 0.1) is 19.0 Å². The lowest BCUT2D eigenvalue weighted by Crippen LogP contribution is -2.26. The summed E-state index contributed by atoms with van der Waals surface area (Å²) in [6, 6.07) is 8.41. The Hall–Kier alpha value is -3.22. The topological polar surface area (TPSA) is 85.6 Å². The molecule has 3 aromatic heterocycles. The maximum absolute atomic E-state index is 12.3. The number of fused-ring (bicyclic) bond motifs is 1. The summed E-state index contributed by atoms with van der Waals surface area (Å²) < 4.78 is 6.26.